The first-order valence-corrected chi connectivity index (χ1v) is 12.3. The molecule has 9 heteroatoms. The number of amides is 1. The number of aromatic nitrogens is 4. The van der Waals surface area contributed by atoms with E-state index >= 15 is 0 Å². The van der Waals surface area contributed by atoms with Crippen molar-refractivity contribution in [1.29, 1.82) is 0 Å². The number of anilines is 1. The normalized spacial score (nSPS) is 23.5. The number of nitrogens with two attached hydrogens (primary N) is 1. The molecule has 3 unspecified atom stereocenters. The predicted molar refractivity (Wildman–Crippen MR) is 136 cm³/mol. The maximum Gasteiger partial charge on any atom is 0.246 e. The molecule has 1 amide bonds. The summed E-state index contributed by atoms with van der Waals surface area (Å²) >= 11 is 0. The van der Waals surface area contributed by atoms with Crippen LogP contribution in [0, 0.1) is 0 Å². The molecule has 5 rings (SSSR count). The van der Waals surface area contributed by atoms with Gasteiger partial charge in [0.25, 0.3) is 0 Å². The van der Waals surface area contributed by atoms with Gasteiger partial charge in [-0.05, 0) is 38.3 Å². The van der Waals surface area contributed by atoms with Gasteiger partial charge in [0.15, 0.2) is 5.65 Å². The molecule has 1 aromatic carbocycles. The van der Waals surface area contributed by atoms with Crippen LogP contribution in [0.15, 0.2) is 43.2 Å². The van der Waals surface area contributed by atoms with Crippen molar-refractivity contribution in [3.05, 3.63) is 48.8 Å². The van der Waals surface area contributed by atoms with E-state index in [1.54, 1.807) is 0 Å². The van der Waals surface area contributed by atoms with Crippen LogP contribution in [0.5, 0.6) is 0 Å². The topological polar surface area (TPSA) is 102 Å². The lowest BCUT2D eigenvalue weighted by Crippen LogP contribution is -2.44. The van der Waals surface area contributed by atoms with Crippen LogP contribution in [-0.2, 0) is 16.1 Å². The summed E-state index contributed by atoms with van der Waals surface area (Å²) in [4.78, 5) is 25.2. The van der Waals surface area contributed by atoms with E-state index in [4.69, 9.17) is 15.6 Å². The molecule has 0 saturated carbocycles. The number of benzene rings is 1. The average Bonchev–Trinajstić information content (AvgIpc) is 3.24. The van der Waals surface area contributed by atoms with Crippen molar-refractivity contribution in [2.75, 3.05) is 31.9 Å². The van der Waals surface area contributed by atoms with Crippen LogP contribution in [0.4, 0.5) is 5.82 Å². The number of morpholine rings is 1. The van der Waals surface area contributed by atoms with Crippen molar-refractivity contribution in [3.8, 4) is 11.3 Å². The fraction of sp³-hybridized carbons (Fsp3) is 0.462. The molecular formula is C26H33N7O2. The fourth-order valence-electron chi connectivity index (χ4n) is 5.38. The highest BCUT2D eigenvalue weighted by Gasteiger charge is 2.28. The molecule has 3 aromatic rings. The molecule has 0 radical (unpaired) electrons. The SMILES string of the molecule is C=CC(=O)N1CCCC(n2nc(-c3ccc(CN4CC(C)OC(C)C4)cc3)c3c(N)ncnc32)C1. The number of fused-ring (bicyclic) bond motifs is 1. The van der Waals surface area contributed by atoms with E-state index in [0.717, 1.165) is 55.7 Å². The molecule has 2 fully saturated rings. The summed E-state index contributed by atoms with van der Waals surface area (Å²) in [6, 6.07) is 8.50. The van der Waals surface area contributed by atoms with E-state index < -0.39 is 0 Å². The summed E-state index contributed by atoms with van der Waals surface area (Å²) in [6.07, 6.45) is 5.14. The summed E-state index contributed by atoms with van der Waals surface area (Å²) in [5, 5.41) is 5.73. The van der Waals surface area contributed by atoms with Gasteiger partial charge in [-0.15, -0.1) is 0 Å². The van der Waals surface area contributed by atoms with Crippen molar-refractivity contribution in [2.45, 2.75) is 51.5 Å². The highest BCUT2D eigenvalue weighted by molar-refractivity contribution is 5.98. The summed E-state index contributed by atoms with van der Waals surface area (Å²) in [5.41, 5.74) is 10.00. The van der Waals surface area contributed by atoms with E-state index in [-0.39, 0.29) is 24.2 Å². The summed E-state index contributed by atoms with van der Waals surface area (Å²) < 4.78 is 7.79. The molecule has 3 atom stereocenters. The van der Waals surface area contributed by atoms with E-state index in [9.17, 15) is 4.79 Å². The Morgan fingerprint density at radius 3 is 2.63 bits per heavy atom. The first-order chi connectivity index (χ1) is 16.9. The van der Waals surface area contributed by atoms with Gasteiger partial charge in [-0.2, -0.15) is 5.10 Å². The van der Waals surface area contributed by atoms with Crippen LogP contribution in [-0.4, -0.2) is 73.8 Å². The number of nitrogen functional groups attached to an aromatic ring is 1. The molecule has 2 N–H and O–H groups in total. The second kappa shape index (κ2) is 9.75. The molecule has 35 heavy (non-hydrogen) atoms. The minimum atomic E-state index is -0.0554. The maximum absolute atomic E-state index is 12.2. The zero-order chi connectivity index (χ0) is 24.5. The standard InChI is InChI=1S/C26H33N7O2/c1-4-22(34)32-11-5-6-21(15-32)33-26-23(25(27)28-16-29-26)24(30-33)20-9-7-19(8-10-20)14-31-12-17(2)35-18(3)13-31/h4,7-10,16-18,21H,1,5-6,11-15H2,2-3H3,(H2,27,28,29). The first-order valence-electron chi connectivity index (χ1n) is 12.3. The quantitative estimate of drug-likeness (QED) is 0.566. The van der Waals surface area contributed by atoms with Gasteiger partial charge in [0.05, 0.1) is 23.6 Å². The number of rotatable bonds is 5. The Hall–Kier alpha value is -3.30. The Balaban J connectivity index is 1.44. The Morgan fingerprint density at radius 1 is 1.17 bits per heavy atom. The molecule has 0 bridgehead atoms. The van der Waals surface area contributed by atoms with Gasteiger partial charge in [0.1, 0.15) is 17.8 Å². The Labute approximate surface area is 205 Å². The largest absolute Gasteiger partial charge is 0.383 e. The highest BCUT2D eigenvalue weighted by Crippen LogP contribution is 2.34. The average molecular weight is 476 g/mol. The number of hydrogen-bond acceptors (Lipinski definition) is 7. The number of carbonyl (C=O) groups is 1. The monoisotopic (exact) mass is 475 g/mol. The molecule has 2 aromatic heterocycles. The van der Waals surface area contributed by atoms with E-state index in [0.29, 0.717) is 18.0 Å². The Morgan fingerprint density at radius 2 is 1.91 bits per heavy atom. The molecule has 0 aliphatic carbocycles. The van der Waals surface area contributed by atoms with Gasteiger partial charge in [-0.1, -0.05) is 30.8 Å². The van der Waals surface area contributed by atoms with Gasteiger partial charge >= 0.3 is 0 Å². The van der Waals surface area contributed by atoms with Crippen molar-refractivity contribution in [3.63, 3.8) is 0 Å². The minimum absolute atomic E-state index is 0.0165. The molecule has 184 valence electrons. The summed E-state index contributed by atoms with van der Waals surface area (Å²) in [5.74, 6) is 0.353. The number of piperidine rings is 1. The van der Waals surface area contributed by atoms with Crippen LogP contribution < -0.4 is 5.73 Å². The number of ether oxygens (including phenoxy) is 1. The van der Waals surface area contributed by atoms with E-state index in [1.165, 1.54) is 18.0 Å². The van der Waals surface area contributed by atoms with Crippen LogP contribution >= 0.6 is 0 Å². The summed E-state index contributed by atoms with van der Waals surface area (Å²) in [7, 11) is 0. The molecule has 2 aliphatic rings. The van der Waals surface area contributed by atoms with Gasteiger partial charge < -0.3 is 15.4 Å². The van der Waals surface area contributed by atoms with Crippen molar-refractivity contribution in [2.24, 2.45) is 0 Å². The smallest absolute Gasteiger partial charge is 0.246 e. The van der Waals surface area contributed by atoms with Crippen LogP contribution in [0.2, 0.25) is 0 Å². The Kier molecular flexibility index (Phi) is 6.53. The van der Waals surface area contributed by atoms with E-state index in [2.05, 4.69) is 59.6 Å². The third-order valence-electron chi connectivity index (χ3n) is 6.88. The van der Waals surface area contributed by atoms with Gasteiger partial charge in [0.2, 0.25) is 5.91 Å². The second-order valence-corrected chi connectivity index (χ2v) is 9.68. The Bertz CT molecular complexity index is 1210. The fourth-order valence-corrected chi connectivity index (χ4v) is 5.38. The first kappa shape index (κ1) is 23.4. The van der Waals surface area contributed by atoms with Crippen molar-refractivity contribution in [1.82, 2.24) is 29.5 Å². The van der Waals surface area contributed by atoms with Crippen LogP contribution in [0.1, 0.15) is 38.3 Å². The maximum atomic E-state index is 12.2. The zero-order valence-corrected chi connectivity index (χ0v) is 20.4. The number of likely N-dealkylation sites (tertiary alicyclic amines) is 1. The number of carbonyl (C=O) groups excluding carboxylic acids is 1. The third-order valence-corrected chi connectivity index (χ3v) is 6.88. The van der Waals surface area contributed by atoms with Gasteiger partial charge in [0, 0.05) is 38.3 Å². The number of hydrogen-bond donors (Lipinski definition) is 1. The molecular weight excluding hydrogens is 442 g/mol. The van der Waals surface area contributed by atoms with Crippen molar-refractivity contribution < 1.29 is 9.53 Å². The lowest BCUT2D eigenvalue weighted by molar-refractivity contribution is -0.127. The zero-order valence-electron chi connectivity index (χ0n) is 20.4. The molecule has 2 aliphatic heterocycles. The molecule has 2 saturated heterocycles. The second-order valence-electron chi connectivity index (χ2n) is 9.68. The van der Waals surface area contributed by atoms with Crippen LogP contribution in [0.25, 0.3) is 22.3 Å². The number of nitrogens with zero attached hydrogens (tertiary/aromatic N) is 6. The molecule has 0 spiro atoms. The summed E-state index contributed by atoms with van der Waals surface area (Å²) in [6.45, 7) is 11.9. The minimum Gasteiger partial charge on any atom is -0.383 e. The highest BCUT2D eigenvalue weighted by atomic mass is 16.5. The molecule has 4 heterocycles. The van der Waals surface area contributed by atoms with E-state index in [1.807, 2.05) is 9.58 Å². The molecule has 9 nitrogen and oxygen atoms in total. The predicted octanol–water partition coefficient (Wildman–Crippen LogP) is 3.03. The lowest BCUT2D eigenvalue weighted by atomic mass is 10.1. The van der Waals surface area contributed by atoms with Gasteiger partial charge in [-0.25, -0.2) is 14.6 Å². The van der Waals surface area contributed by atoms with Crippen LogP contribution in [0.3, 0.4) is 0 Å². The van der Waals surface area contributed by atoms with Gasteiger partial charge in [-0.3, -0.25) is 9.69 Å². The third kappa shape index (κ3) is 4.78. The van der Waals surface area contributed by atoms with Crippen molar-refractivity contribution >= 4 is 22.8 Å². The lowest BCUT2D eigenvalue weighted by Gasteiger charge is -2.35.